The lowest BCUT2D eigenvalue weighted by Gasteiger charge is -2.32. The molecule has 1 heterocycles. The van der Waals surface area contributed by atoms with E-state index in [0.717, 1.165) is 19.3 Å². The molecule has 1 aliphatic heterocycles. The Bertz CT molecular complexity index is 501. The maximum absolute atomic E-state index is 12.5. The first-order chi connectivity index (χ1) is 9.52. The van der Waals surface area contributed by atoms with Crippen molar-refractivity contribution in [2.45, 2.75) is 48.8 Å². The van der Waals surface area contributed by atoms with Crippen LogP contribution < -0.4 is 11.1 Å². The molecule has 0 spiro atoms. The van der Waals surface area contributed by atoms with Crippen molar-refractivity contribution in [2.75, 3.05) is 0 Å². The van der Waals surface area contributed by atoms with Crippen LogP contribution in [0.5, 0.6) is 0 Å². The fourth-order valence-corrected chi connectivity index (χ4v) is 4.02. The molecule has 3 nitrogen and oxygen atoms in total. The molecule has 0 aliphatic carbocycles. The highest BCUT2D eigenvalue weighted by Gasteiger charge is 2.36. The first-order valence-corrected chi connectivity index (χ1v) is 8.17. The van der Waals surface area contributed by atoms with Crippen molar-refractivity contribution in [2.24, 2.45) is 5.73 Å². The van der Waals surface area contributed by atoms with Gasteiger partial charge >= 0.3 is 0 Å². The SMILES string of the molecule is CCC(CC)(NC(=O)C1Cc2ccccc2S1)C(N)=S. The molecule has 20 heavy (non-hydrogen) atoms. The fraction of sp³-hybridized carbons (Fsp3) is 0.467. The molecule has 3 N–H and O–H groups in total. The number of hydrogen-bond donors (Lipinski definition) is 2. The number of thiocarbonyl (C=S) groups is 1. The summed E-state index contributed by atoms with van der Waals surface area (Å²) in [7, 11) is 0. The number of rotatable bonds is 5. The van der Waals surface area contributed by atoms with Crippen molar-refractivity contribution in [3.8, 4) is 0 Å². The molecule has 2 rings (SSSR count). The summed E-state index contributed by atoms with van der Waals surface area (Å²) in [6, 6.07) is 8.16. The number of amides is 1. The Balaban J connectivity index is 2.09. The number of nitrogens with two attached hydrogens (primary N) is 1. The van der Waals surface area contributed by atoms with Crippen LogP contribution in [0.2, 0.25) is 0 Å². The molecule has 0 radical (unpaired) electrons. The predicted molar refractivity (Wildman–Crippen MR) is 88.0 cm³/mol. The van der Waals surface area contributed by atoms with Gasteiger partial charge in [-0.25, -0.2) is 0 Å². The van der Waals surface area contributed by atoms with Gasteiger partial charge in [-0.1, -0.05) is 44.3 Å². The van der Waals surface area contributed by atoms with E-state index >= 15 is 0 Å². The first kappa shape index (κ1) is 15.3. The zero-order valence-electron chi connectivity index (χ0n) is 11.8. The number of nitrogens with one attached hydrogen (secondary N) is 1. The van der Waals surface area contributed by atoms with Gasteiger partial charge in [-0.2, -0.15) is 0 Å². The van der Waals surface area contributed by atoms with E-state index in [4.69, 9.17) is 18.0 Å². The number of thioether (sulfide) groups is 1. The second-order valence-corrected chi connectivity index (χ2v) is 6.75. The fourth-order valence-electron chi connectivity index (χ4n) is 2.48. The Hall–Kier alpha value is -1.07. The van der Waals surface area contributed by atoms with E-state index in [0.29, 0.717) is 4.99 Å². The van der Waals surface area contributed by atoms with Crippen molar-refractivity contribution < 1.29 is 4.79 Å². The van der Waals surface area contributed by atoms with Crippen LogP contribution in [-0.2, 0) is 11.2 Å². The number of hydrogen-bond acceptors (Lipinski definition) is 3. The molecule has 1 aliphatic rings. The molecule has 0 saturated heterocycles. The molecule has 1 amide bonds. The predicted octanol–water partition coefficient (Wildman–Crippen LogP) is 2.66. The lowest BCUT2D eigenvalue weighted by Crippen LogP contribution is -2.57. The highest BCUT2D eigenvalue weighted by molar-refractivity contribution is 8.01. The summed E-state index contributed by atoms with van der Waals surface area (Å²) in [6.45, 7) is 4.00. The Kier molecular flexibility index (Phi) is 4.70. The van der Waals surface area contributed by atoms with Crippen LogP contribution in [0.25, 0.3) is 0 Å². The van der Waals surface area contributed by atoms with E-state index in [-0.39, 0.29) is 11.2 Å². The van der Waals surface area contributed by atoms with Crippen molar-refractivity contribution in [3.63, 3.8) is 0 Å². The van der Waals surface area contributed by atoms with Crippen LogP contribution in [-0.4, -0.2) is 21.7 Å². The average molecular weight is 308 g/mol. The van der Waals surface area contributed by atoms with Gasteiger partial charge in [0.05, 0.1) is 15.8 Å². The van der Waals surface area contributed by atoms with Crippen LogP contribution in [0.3, 0.4) is 0 Å². The second kappa shape index (κ2) is 6.14. The van der Waals surface area contributed by atoms with E-state index in [1.54, 1.807) is 11.8 Å². The van der Waals surface area contributed by atoms with Gasteiger partial charge in [-0.05, 0) is 30.9 Å². The average Bonchev–Trinajstić information content (AvgIpc) is 2.88. The second-order valence-electron chi connectivity index (χ2n) is 5.06. The zero-order valence-corrected chi connectivity index (χ0v) is 13.4. The monoisotopic (exact) mass is 308 g/mol. The molecule has 5 heteroatoms. The first-order valence-electron chi connectivity index (χ1n) is 6.89. The van der Waals surface area contributed by atoms with E-state index in [2.05, 4.69) is 17.4 Å². The highest BCUT2D eigenvalue weighted by Crippen LogP contribution is 2.37. The molecular weight excluding hydrogens is 288 g/mol. The van der Waals surface area contributed by atoms with Crippen LogP contribution in [0, 0.1) is 0 Å². The lowest BCUT2D eigenvalue weighted by atomic mass is 9.92. The minimum Gasteiger partial charge on any atom is -0.391 e. The molecule has 1 atom stereocenters. The van der Waals surface area contributed by atoms with E-state index in [1.807, 2.05) is 26.0 Å². The summed E-state index contributed by atoms with van der Waals surface area (Å²) in [5.41, 5.74) is 6.52. The summed E-state index contributed by atoms with van der Waals surface area (Å²) in [4.78, 5) is 14.1. The summed E-state index contributed by atoms with van der Waals surface area (Å²) in [6.07, 6.45) is 2.21. The Morgan fingerprint density at radius 3 is 2.65 bits per heavy atom. The number of benzene rings is 1. The van der Waals surface area contributed by atoms with Crippen molar-refractivity contribution in [3.05, 3.63) is 29.8 Å². The molecule has 0 aromatic heterocycles. The Morgan fingerprint density at radius 2 is 2.10 bits per heavy atom. The molecular formula is C15H20N2OS2. The maximum Gasteiger partial charge on any atom is 0.234 e. The molecule has 0 fully saturated rings. The minimum absolute atomic E-state index is 0.0303. The normalized spacial score (nSPS) is 17.6. The Labute approximate surface area is 129 Å². The molecule has 0 saturated carbocycles. The number of fused-ring (bicyclic) bond motifs is 1. The van der Waals surface area contributed by atoms with Gasteiger partial charge in [0, 0.05) is 4.90 Å². The highest BCUT2D eigenvalue weighted by atomic mass is 32.2. The van der Waals surface area contributed by atoms with Crippen LogP contribution in [0.1, 0.15) is 32.3 Å². The zero-order chi connectivity index (χ0) is 14.8. The third-order valence-electron chi connectivity index (χ3n) is 3.98. The van der Waals surface area contributed by atoms with Gasteiger partial charge in [0.1, 0.15) is 0 Å². The van der Waals surface area contributed by atoms with Crippen LogP contribution in [0.4, 0.5) is 0 Å². The molecule has 0 bridgehead atoms. The Morgan fingerprint density at radius 1 is 1.45 bits per heavy atom. The van der Waals surface area contributed by atoms with Gasteiger partial charge in [0.15, 0.2) is 0 Å². The summed E-state index contributed by atoms with van der Waals surface area (Å²) < 4.78 is 0. The molecule has 1 aromatic carbocycles. The third-order valence-corrected chi connectivity index (χ3v) is 5.69. The standard InChI is InChI=1S/C15H20N2OS2/c1-3-15(4-2,14(16)19)17-13(18)12-9-10-7-5-6-8-11(10)20-12/h5-8,12H,3-4,9H2,1-2H3,(H2,16,19)(H,17,18). The van der Waals surface area contributed by atoms with E-state index in [9.17, 15) is 4.79 Å². The van der Waals surface area contributed by atoms with Gasteiger partial charge in [0.2, 0.25) is 5.91 Å². The van der Waals surface area contributed by atoms with Crippen molar-refractivity contribution in [1.29, 1.82) is 0 Å². The summed E-state index contributed by atoms with van der Waals surface area (Å²) in [5.74, 6) is 0.0303. The van der Waals surface area contributed by atoms with Crippen LogP contribution in [0.15, 0.2) is 29.2 Å². The largest absolute Gasteiger partial charge is 0.391 e. The minimum atomic E-state index is -0.554. The summed E-state index contributed by atoms with van der Waals surface area (Å²) in [5, 5.41) is 3.00. The third kappa shape index (κ3) is 2.83. The molecule has 1 aromatic rings. The number of carbonyl (C=O) groups is 1. The van der Waals surface area contributed by atoms with Gasteiger partial charge in [-0.3, -0.25) is 4.79 Å². The van der Waals surface area contributed by atoms with Crippen molar-refractivity contribution >= 4 is 34.9 Å². The lowest BCUT2D eigenvalue weighted by molar-refractivity contribution is -0.121. The maximum atomic E-state index is 12.5. The van der Waals surface area contributed by atoms with E-state index < -0.39 is 5.54 Å². The van der Waals surface area contributed by atoms with Crippen molar-refractivity contribution in [1.82, 2.24) is 5.32 Å². The van der Waals surface area contributed by atoms with E-state index in [1.165, 1.54) is 10.5 Å². The van der Waals surface area contributed by atoms with Crippen LogP contribution >= 0.6 is 24.0 Å². The number of carbonyl (C=O) groups excluding carboxylic acids is 1. The van der Waals surface area contributed by atoms with Gasteiger partial charge in [0.25, 0.3) is 0 Å². The summed E-state index contributed by atoms with van der Waals surface area (Å²) >= 11 is 6.77. The molecule has 108 valence electrons. The topological polar surface area (TPSA) is 55.1 Å². The molecule has 1 unspecified atom stereocenters. The smallest absolute Gasteiger partial charge is 0.234 e. The quantitative estimate of drug-likeness (QED) is 0.821. The van der Waals surface area contributed by atoms with Gasteiger partial charge < -0.3 is 11.1 Å². The van der Waals surface area contributed by atoms with Gasteiger partial charge in [-0.15, -0.1) is 11.8 Å².